The summed E-state index contributed by atoms with van der Waals surface area (Å²) in [5.74, 6) is 1.70. The molecule has 1 aliphatic heterocycles. The van der Waals surface area contributed by atoms with Gasteiger partial charge in [0.2, 0.25) is 0 Å². The van der Waals surface area contributed by atoms with Crippen LogP contribution in [-0.2, 0) is 36.0 Å². The molecule has 1 aliphatic carbocycles. The van der Waals surface area contributed by atoms with E-state index in [0.29, 0.717) is 12.2 Å². The topological polar surface area (TPSA) is 78.9 Å². The smallest absolute Gasteiger partial charge is 0.261 e. The number of hydrogen-bond acceptors (Lipinski definition) is 5. The van der Waals surface area contributed by atoms with Crippen LogP contribution in [0.1, 0.15) is 46.6 Å². The Bertz CT molecular complexity index is 983. The monoisotopic (exact) mass is 446 g/mol. The minimum Gasteiger partial charge on any atom is -0.496 e. The van der Waals surface area contributed by atoms with Crippen LogP contribution in [0, 0.1) is 0 Å². The van der Waals surface area contributed by atoms with Crippen molar-refractivity contribution in [1.82, 2.24) is 10.2 Å². The van der Waals surface area contributed by atoms with E-state index in [2.05, 4.69) is 53.7 Å². The van der Waals surface area contributed by atoms with E-state index in [0.717, 1.165) is 44.8 Å². The second kappa shape index (κ2) is 10.6. The van der Waals surface area contributed by atoms with Gasteiger partial charge in [-0.25, -0.2) is 0 Å². The Hall–Kier alpha value is -1.93. The van der Waals surface area contributed by atoms with Gasteiger partial charge < -0.3 is 15.0 Å². The number of benzene rings is 2. The molecular weight excluding hydrogens is 412 g/mol. The lowest BCUT2D eigenvalue weighted by Crippen LogP contribution is -2.28. The first kappa shape index (κ1) is 23.7. The molecule has 1 heterocycles. The SMILES string of the molecule is COc1cccc2c1CCCC2CN(C)CCc1ccc2c(c1)CNC2.CS(=O)(=O)O. The maximum Gasteiger partial charge on any atom is 0.261 e. The van der Waals surface area contributed by atoms with Crippen molar-refractivity contribution in [2.45, 2.75) is 44.7 Å². The average Bonchev–Trinajstić information content (AvgIpc) is 3.19. The lowest BCUT2D eigenvalue weighted by Gasteiger charge is -2.30. The van der Waals surface area contributed by atoms with Crippen LogP contribution in [0.4, 0.5) is 0 Å². The molecule has 0 aromatic heterocycles. The maximum absolute atomic E-state index is 9.19. The third-order valence-electron chi connectivity index (χ3n) is 6.02. The number of rotatable bonds is 6. The molecule has 4 rings (SSSR count). The Morgan fingerprint density at radius 1 is 1.19 bits per heavy atom. The predicted octanol–water partition coefficient (Wildman–Crippen LogP) is 3.40. The van der Waals surface area contributed by atoms with Crippen LogP contribution in [0.15, 0.2) is 36.4 Å². The van der Waals surface area contributed by atoms with Crippen molar-refractivity contribution in [2.75, 3.05) is 33.5 Å². The lowest BCUT2D eigenvalue weighted by molar-refractivity contribution is 0.299. The lowest BCUT2D eigenvalue weighted by atomic mass is 9.82. The molecule has 0 amide bonds. The molecule has 1 unspecified atom stereocenters. The van der Waals surface area contributed by atoms with Gasteiger partial charge in [0.05, 0.1) is 13.4 Å². The molecule has 2 aliphatic rings. The van der Waals surface area contributed by atoms with Gasteiger partial charge >= 0.3 is 0 Å². The first-order valence-electron chi connectivity index (χ1n) is 10.8. The minimum atomic E-state index is -3.67. The summed E-state index contributed by atoms with van der Waals surface area (Å²) >= 11 is 0. The fourth-order valence-electron chi connectivity index (χ4n) is 4.59. The molecule has 0 saturated heterocycles. The molecule has 1 atom stereocenters. The molecular formula is C24H34N2O4S. The van der Waals surface area contributed by atoms with E-state index in [1.807, 2.05) is 0 Å². The number of nitrogens with zero attached hydrogens (tertiary/aromatic N) is 1. The molecule has 6 nitrogen and oxygen atoms in total. The highest BCUT2D eigenvalue weighted by Crippen LogP contribution is 2.36. The molecule has 170 valence electrons. The summed E-state index contributed by atoms with van der Waals surface area (Å²) in [5, 5.41) is 3.43. The van der Waals surface area contributed by atoms with Gasteiger partial charge in [-0.3, -0.25) is 4.55 Å². The normalized spacial score (nSPS) is 17.5. The Kier molecular flexibility index (Phi) is 8.11. The molecule has 0 bridgehead atoms. The van der Waals surface area contributed by atoms with Gasteiger partial charge in [0, 0.05) is 26.2 Å². The number of hydrogen-bond donors (Lipinski definition) is 2. The zero-order chi connectivity index (χ0) is 22.4. The van der Waals surface area contributed by atoms with Crippen molar-refractivity contribution in [3.05, 3.63) is 64.2 Å². The largest absolute Gasteiger partial charge is 0.496 e. The average molecular weight is 447 g/mol. The van der Waals surface area contributed by atoms with E-state index in [1.165, 1.54) is 40.7 Å². The van der Waals surface area contributed by atoms with Gasteiger partial charge in [-0.2, -0.15) is 8.42 Å². The van der Waals surface area contributed by atoms with Crippen molar-refractivity contribution in [1.29, 1.82) is 0 Å². The van der Waals surface area contributed by atoms with Crippen LogP contribution in [0.5, 0.6) is 5.75 Å². The van der Waals surface area contributed by atoms with Crippen molar-refractivity contribution < 1.29 is 17.7 Å². The summed E-state index contributed by atoms with van der Waals surface area (Å²) < 4.78 is 31.5. The van der Waals surface area contributed by atoms with Crippen molar-refractivity contribution in [2.24, 2.45) is 0 Å². The fraction of sp³-hybridized carbons (Fsp3) is 0.500. The van der Waals surface area contributed by atoms with E-state index in [-0.39, 0.29) is 0 Å². The van der Waals surface area contributed by atoms with Gasteiger partial charge in [0.15, 0.2) is 0 Å². The van der Waals surface area contributed by atoms with Crippen molar-refractivity contribution in [3.63, 3.8) is 0 Å². The van der Waals surface area contributed by atoms with Crippen LogP contribution in [-0.4, -0.2) is 51.4 Å². The summed E-state index contributed by atoms with van der Waals surface area (Å²) in [6, 6.07) is 13.6. The minimum absolute atomic E-state index is 0.628. The first-order valence-corrected chi connectivity index (χ1v) is 12.7. The highest BCUT2D eigenvalue weighted by molar-refractivity contribution is 7.85. The van der Waals surface area contributed by atoms with Crippen LogP contribution < -0.4 is 10.1 Å². The van der Waals surface area contributed by atoms with E-state index >= 15 is 0 Å². The van der Waals surface area contributed by atoms with Crippen molar-refractivity contribution in [3.8, 4) is 5.75 Å². The molecule has 0 radical (unpaired) electrons. The third-order valence-corrected chi connectivity index (χ3v) is 6.02. The number of fused-ring (bicyclic) bond motifs is 2. The second-order valence-electron chi connectivity index (χ2n) is 8.57. The molecule has 0 saturated carbocycles. The molecule has 2 N–H and O–H groups in total. The van der Waals surface area contributed by atoms with E-state index in [1.54, 1.807) is 7.11 Å². The van der Waals surface area contributed by atoms with E-state index < -0.39 is 10.1 Å². The number of nitrogens with one attached hydrogen (secondary N) is 1. The molecule has 31 heavy (non-hydrogen) atoms. The second-order valence-corrected chi connectivity index (χ2v) is 10.0. The first-order chi connectivity index (χ1) is 14.7. The standard InChI is InChI=1S/C23H30N2O.CH4O3S/c1-25(12-11-17-9-10-18-14-24-15-20(18)13-17)16-19-5-3-7-22-21(19)6-4-8-23(22)26-2;1-5(2,3)4/h4,6,8-10,13,19,24H,3,5,7,11-12,14-16H2,1-2H3;1H3,(H,2,3,4). The van der Waals surface area contributed by atoms with Gasteiger partial charge in [-0.1, -0.05) is 30.3 Å². The van der Waals surface area contributed by atoms with Crippen LogP contribution in [0.2, 0.25) is 0 Å². The third kappa shape index (κ3) is 7.04. The van der Waals surface area contributed by atoms with Gasteiger partial charge in [0.25, 0.3) is 10.1 Å². The fourth-order valence-corrected chi connectivity index (χ4v) is 4.59. The Labute approximate surface area is 186 Å². The highest BCUT2D eigenvalue weighted by atomic mass is 32.2. The molecule has 0 fully saturated rings. The van der Waals surface area contributed by atoms with Gasteiger partial charge in [-0.05, 0) is 72.5 Å². The quantitative estimate of drug-likeness (QED) is 0.662. The van der Waals surface area contributed by atoms with Crippen molar-refractivity contribution >= 4 is 10.1 Å². The molecule has 0 spiro atoms. The van der Waals surface area contributed by atoms with Gasteiger partial charge in [0.1, 0.15) is 5.75 Å². The predicted molar refractivity (Wildman–Crippen MR) is 124 cm³/mol. The Balaban J connectivity index is 0.000000491. The molecule has 7 heteroatoms. The van der Waals surface area contributed by atoms with Crippen LogP contribution in [0.3, 0.4) is 0 Å². The maximum atomic E-state index is 9.19. The molecule has 2 aromatic rings. The Morgan fingerprint density at radius 2 is 1.94 bits per heavy atom. The zero-order valence-electron chi connectivity index (χ0n) is 18.7. The summed E-state index contributed by atoms with van der Waals surface area (Å²) in [6.07, 6.45) is 5.55. The number of likely N-dealkylation sites (N-methyl/N-ethyl adjacent to an activating group) is 1. The summed E-state index contributed by atoms with van der Waals surface area (Å²) in [7, 11) is 0.390. The molecule has 2 aromatic carbocycles. The summed E-state index contributed by atoms with van der Waals surface area (Å²) in [5.41, 5.74) is 7.36. The number of methoxy groups -OCH3 is 1. The van der Waals surface area contributed by atoms with E-state index in [9.17, 15) is 8.42 Å². The Morgan fingerprint density at radius 3 is 2.68 bits per heavy atom. The van der Waals surface area contributed by atoms with Gasteiger partial charge in [-0.15, -0.1) is 0 Å². The summed E-state index contributed by atoms with van der Waals surface area (Å²) in [4.78, 5) is 2.50. The zero-order valence-corrected chi connectivity index (χ0v) is 19.5. The summed E-state index contributed by atoms with van der Waals surface area (Å²) in [6.45, 7) is 4.30. The van der Waals surface area contributed by atoms with Crippen LogP contribution >= 0.6 is 0 Å². The highest BCUT2D eigenvalue weighted by Gasteiger charge is 2.23. The van der Waals surface area contributed by atoms with Crippen LogP contribution in [0.25, 0.3) is 0 Å². The number of ether oxygens (including phenoxy) is 1. The van der Waals surface area contributed by atoms with E-state index in [4.69, 9.17) is 9.29 Å².